The van der Waals surface area contributed by atoms with Crippen LogP contribution in [0.15, 0.2) is 0 Å². The summed E-state index contributed by atoms with van der Waals surface area (Å²) in [7, 11) is 0. The first-order chi connectivity index (χ1) is 7.15. The lowest BCUT2D eigenvalue weighted by Crippen LogP contribution is -2.26. The summed E-state index contributed by atoms with van der Waals surface area (Å²) in [6.45, 7) is 4.81. The Balaban J connectivity index is 1.80. The van der Waals surface area contributed by atoms with Crippen molar-refractivity contribution in [3.63, 3.8) is 0 Å². The summed E-state index contributed by atoms with van der Waals surface area (Å²) < 4.78 is 0. The molecule has 0 spiro atoms. The van der Waals surface area contributed by atoms with Crippen molar-refractivity contribution in [3.05, 3.63) is 0 Å². The van der Waals surface area contributed by atoms with Gasteiger partial charge in [-0.25, -0.2) is 0 Å². The average Bonchev–Trinajstić information content (AvgIpc) is 2.56. The molecule has 1 aliphatic carbocycles. The molecule has 0 aromatic carbocycles. The van der Waals surface area contributed by atoms with Crippen LogP contribution in [0.2, 0.25) is 0 Å². The molecule has 3 atom stereocenters. The number of rotatable bonds is 3. The molecular weight excluding hydrogens is 190 g/mol. The zero-order valence-electron chi connectivity index (χ0n) is 9.48. The number of ketones is 1. The lowest BCUT2D eigenvalue weighted by Gasteiger charge is -2.27. The highest BCUT2D eigenvalue weighted by Crippen LogP contribution is 2.36. The maximum absolute atomic E-state index is 10.9. The minimum absolute atomic E-state index is 0.0704. The van der Waals surface area contributed by atoms with Gasteiger partial charge in [0.25, 0.3) is 0 Å². The molecule has 0 aromatic heterocycles. The molecule has 1 saturated carbocycles. The first kappa shape index (κ1) is 11.1. The van der Waals surface area contributed by atoms with Gasteiger partial charge in [0.1, 0.15) is 5.78 Å². The van der Waals surface area contributed by atoms with Crippen molar-refractivity contribution in [3.8, 4) is 0 Å². The molecule has 86 valence electrons. The third kappa shape index (κ3) is 2.79. The van der Waals surface area contributed by atoms with Gasteiger partial charge >= 0.3 is 0 Å². The molecule has 2 rings (SSSR count). The summed E-state index contributed by atoms with van der Waals surface area (Å²) in [5, 5.41) is 9.59. The highest BCUT2D eigenvalue weighted by atomic mass is 16.3. The topological polar surface area (TPSA) is 40.5 Å². The van der Waals surface area contributed by atoms with E-state index in [1.807, 2.05) is 0 Å². The summed E-state index contributed by atoms with van der Waals surface area (Å²) in [5.41, 5.74) is 0. The predicted molar refractivity (Wildman–Crippen MR) is 58.6 cm³/mol. The first-order valence-corrected chi connectivity index (χ1v) is 6.05. The molecule has 2 aliphatic rings. The van der Waals surface area contributed by atoms with Crippen LogP contribution in [-0.4, -0.2) is 41.5 Å². The quantitative estimate of drug-likeness (QED) is 0.759. The van der Waals surface area contributed by atoms with Gasteiger partial charge in [-0.15, -0.1) is 0 Å². The molecule has 2 fully saturated rings. The summed E-state index contributed by atoms with van der Waals surface area (Å²) in [6, 6.07) is 0. The van der Waals surface area contributed by atoms with Crippen LogP contribution in [0.4, 0.5) is 0 Å². The molecule has 0 bridgehead atoms. The molecule has 0 amide bonds. The monoisotopic (exact) mass is 211 g/mol. The second kappa shape index (κ2) is 4.62. The van der Waals surface area contributed by atoms with Crippen molar-refractivity contribution in [1.29, 1.82) is 0 Å². The van der Waals surface area contributed by atoms with Gasteiger partial charge < -0.3 is 10.0 Å². The van der Waals surface area contributed by atoms with Gasteiger partial charge in [-0.3, -0.25) is 4.79 Å². The van der Waals surface area contributed by atoms with Gasteiger partial charge in [-0.05, 0) is 38.0 Å². The van der Waals surface area contributed by atoms with Crippen molar-refractivity contribution < 1.29 is 9.90 Å². The first-order valence-electron chi connectivity index (χ1n) is 6.05. The normalized spacial score (nSPS) is 36.5. The smallest absolute Gasteiger partial charge is 0.131 e. The van der Waals surface area contributed by atoms with E-state index in [1.54, 1.807) is 6.92 Å². The van der Waals surface area contributed by atoms with Crippen molar-refractivity contribution >= 4 is 5.78 Å². The molecule has 1 aliphatic heterocycles. The molecule has 0 radical (unpaired) electrons. The number of carbonyl (C=O) groups is 1. The van der Waals surface area contributed by atoms with Gasteiger partial charge in [0.05, 0.1) is 6.10 Å². The summed E-state index contributed by atoms with van der Waals surface area (Å²) >= 11 is 0. The average molecular weight is 211 g/mol. The van der Waals surface area contributed by atoms with E-state index in [0.717, 1.165) is 38.4 Å². The van der Waals surface area contributed by atoms with E-state index < -0.39 is 0 Å². The van der Waals surface area contributed by atoms with Crippen LogP contribution in [0.3, 0.4) is 0 Å². The fourth-order valence-electron chi connectivity index (χ4n) is 3.00. The lowest BCUT2D eigenvalue weighted by molar-refractivity contribution is -0.117. The van der Waals surface area contributed by atoms with E-state index in [0.29, 0.717) is 12.3 Å². The third-order valence-electron chi connectivity index (χ3n) is 3.88. The molecule has 0 aromatic rings. The van der Waals surface area contributed by atoms with Gasteiger partial charge in [0.2, 0.25) is 0 Å². The highest BCUT2D eigenvalue weighted by Gasteiger charge is 2.36. The minimum atomic E-state index is -0.0704. The Bertz CT molecular complexity index is 242. The molecule has 3 unspecified atom stereocenters. The SMILES string of the molecule is CC(=O)CCN1CC2CCC(O)CC2C1. The molecule has 3 nitrogen and oxygen atoms in total. The Morgan fingerprint density at radius 1 is 1.33 bits per heavy atom. The number of carbonyl (C=O) groups excluding carboxylic acids is 1. The number of hydrogen-bond donors (Lipinski definition) is 1. The second-order valence-electron chi connectivity index (χ2n) is 5.20. The van der Waals surface area contributed by atoms with Gasteiger partial charge in [0.15, 0.2) is 0 Å². The Hall–Kier alpha value is -0.410. The number of fused-ring (bicyclic) bond motifs is 1. The second-order valence-corrected chi connectivity index (χ2v) is 5.20. The Kier molecular flexibility index (Phi) is 3.42. The maximum Gasteiger partial charge on any atom is 0.131 e. The number of aliphatic hydroxyl groups is 1. The van der Waals surface area contributed by atoms with E-state index in [4.69, 9.17) is 0 Å². The molecule has 3 heteroatoms. The maximum atomic E-state index is 10.9. The standard InChI is InChI=1S/C12H21NO2/c1-9(14)4-5-13-7-10-2-3-12(15)6-11(10)8-13/h10-12,15H,2-8H2,1H3. The van der Waals surface area contributed by atoms with E-state index >= 15 is 0 Å². The van der Waals surface area contributed by atoms with E-state index in [1.165, 1.54) is 6.42 Å². The molecule has 1 heterocycles. The van der Waals surface area contributed by atoms with Crippen molar-refractivity contribution in [2.45, 2.75) is 38.7 Å². The summed E-state index contributed by atoms with van der Waals surface area (Å²) in [6.07, 6.45) is 3.73. The fourth-order valence-corrected chi connectivity index (χ4v) is 3.00. The van der Waals surface area contributed by atoms with Crippen molar-refractivity contribution in [1.82, 2.24) is 4.90 Å². The Morgan fingerprint density at radius 3 is 2.80 bits per heavy atom. The van der Waals surface area contributed by atoms with E-state index in [-0.39, 0.29) is 11.9 Å². The molecule has 15 heavy (non-hydrogen) atoms. The molecule has 1 saturated heterocycles. The predicted octanol–water partition coefficient (Wildman–Crippen LogP) is 1.06. The van der Waals surface area contributed by atoms with Crippen molar-refractivity contribution in [2.75, 3.05) is 19.6 Å². The van der Waals surface area contributed by atoms with E-state index in [9.17, 15) is 9.90 Å². The highest BCUT2D eigenvalue weighted by molar-refractivity contribution is 5.75. The van der Waals surface area contributed by atoms with E-state index in [2.05, 4.69) is 4.90 Å². The van der Waals surface area contributed by atoms with Crippen LogP contribution in [-0.2, 0) is 4.79 Å². The van der Waals surface area contributed by atoms with Crippen LogP contribution in [0, 0.1) is 11.8 Å². The number of likely N-dealkylation sites (tertiary alicyclic amines) is 1. The molecule has 1 N–H and O–H groups in total. The zero-order valence-corrected chi connectivity index (χ0v) is 9.48. The van der Waals surface area contributed by atoms with Gasteiger partial charge in [0, 0.05) is 26.1 Å². The van der Waals surface area contributed by atoms with Gasteiger partial charge in [-0.1, -0.05) is 0 Å². The summed E-state index contributed by atoms with van der Waals surface area (Å²) in [5.74, 6) is 1.74. The number of Topliss-reactive ketones (excluding diaryl/α,β-unsaturated/α-hetero) is 1. The van der Waals surface area contributed by atoms with Crippen molar-refractivity contribution in [2.24, 2.45) is 11.8 Å². The minimum Gasteiger partial charge on any atom is -0.393 e. The van der Waals surface area contributed by atoms with Crippen LogP contribution in [0.25, 0.3) is 0 Å². The van der Waals surface area contributed by atoms with Crippen LogP contribution in [0.1, 0.15) is 32.6 Å². The van der Waals surface area contributed by atoms with Crippen LogP contribution < -0.4 is 0 Å². The Labute approximate surface area is 91.5 Å². The fraction of sp³-hybridized carbons (Fsp3) is 0.917. The Morgan fingerprint density at radius 2 is 2.07 bits per heavy atom. The lowest BCUT2D eigenvalue weighted by atomic mass is 9.80. The van der Waals surface area contributed by atoms with Gasteiger partial charge in [-0.2, -0.15) is 0 Å². The third-order valence-corrected chi connectivity index (χ3v) is 3.88. The number of hydrogen-bond acceptors (Lipinski definition) is 3. The largest absolute Gasteiger partial charge is 0.393 e. The van der Waals surface area contributed by atoms with Crippen LogP contribution in [0.5, 0.6) is 0 Å². The summed E-state index contributed by atoms with van der Waals surface area (Å²) in [4.78, 5) is 13.3. The number of aliphatic hydroxyl groups excluding tert-OH is 1. The number of nitrogens with zero attached hydrogens (tertiary/aromatic N) is 1. The van der Waals surface area contributed by atoms with Crippen LogP contribution >= 0.6 is 0 Å². The molecular formula is C12H21NO2. The zero-order chi connectivity index (χ0) is 10.8.